The summed E-state index contributed by atoms with van der Waals surface area (Å²) in [4.78, 5) is 16.4. The number of nitrogens with zero attached hydrogens (tertiary/aromatic N) is 1. The first kappa shape index (κ1) is 20.3. The Morgan fingerprint density at radius 3 is 2.50 bits per heavy atom. The minimum Gasteiger partial charge on any atom is -0.327 e. The van der Waals surface area contributed by atoms with Gasteiger partial charge in [-0.2, -0.15) is 17.6 Å². The summed E-state index contributed by atoms with van der Waals surface area (Å²) in [5, 5.41) is 2.67. The highest BCUT2D eigenvalue weighted by Gasteiger charge is 2.31. The third-order valence-electron chi connectivity index (χ3n) is 5.11. The molecule has 0 bridgehead atoms. The van der Waals surface area contributed by atoms with Crippen LogP contribution in [0.2, 0.25) is 0 Å². The van der Waals surface area contributed by atoms with Crippen LogP contribution < -0.4 is 11.1 Å². The minimum atomic E-state index is -4.43. The van der Waals surface area contributed by atoms with Gasteiger partial charge in [0.05, 0.1) is 5.56 Å². The molecule has 1 unspecified atom stereocenters. The van der Waals surface area contributed by atoms with Crippen LogP contribution in [0.25, 0.3) is 0 Å². The Hall–Kier alpha value is -2.48. The van der Waals surface area contributed by atoms with E-state index in [0.29, 0.717) is 18.4 Å². The van der Waals surface area contributed by atoms with Crippen LogP contribution in [0.5, 0.6) is 0 Å². The van der Waals surface area contributed by atoms with Crippen molar-refractivity contribution in [1.82, 2.24) is 4.98 Å². The number of rotatable bonds is 2. The number of hydrogen-bond donors (Lipinski definition) is 2. The molecule has 0 aliphatic heterocycles. The summed E-state index contributed by atoms with van der Waals surface area (Å²) in [6.07, 6.45) is -1.94. The predicted molar refractivity (Wildman–Crippen MR) is 97.1 cm³/mol. The number of amides is 1. The van der Waals surface area contributed by atoms with Gasteiger partial charge in [-0.25, -0.2) is 4.98 Å². The molecule has 1 aliphatic rings. The quantitative estimate of drug-likeness (QED) is 0.590. The molecule has 0 saturated heterocycles. The highest BCUT2D eigenvalue weighted by Crippen LogP contribution is 2.34. The second kappa shape index (κ2) is 7.87. The Morgan fingerprint density at radius 1 is 1.18 bits per heavy atom. The fourth-order valence-corrected chi connectivity index (χ4v) is 3.71. The fraction of sp³-hybridized carbons (Fsp3) is 0.400. The van der Waals surface area contributed by atoms with E-state index in [-0.39, 0.29) is 23.9 Å². The first-order valence-corrected chi connectivity index (χ1v) is 9.02. The zero-order valence-electron chi connectivity index (χ0n) is 15.3. The third-order valence-corrected chi connectivity index (χ3v) is 5.11. The van der Waals surface area contributed by atoms with Crippen molar-refractivity contribution in [3.63, 3.8) is 0 Å². The van der Waals surface area contributed by atoms with Gasteiger partial charge in [-0.1, -0.05) is 6.92 Å². The summed E-state index contributed by atoms with van der Waals surface area (Å²) in [5.41, 5.74) is 6.91. The lowest BCUT2D eigenvalue weighted by Crippen LogP contribution is -2.35. The lowest BCUT2D eigenvalue weighted by molar-refractivity contribution is -0.137. The maximum atomic E-state index is 14.1. The third kappa shape index (κ3) is 4.49. The van der Waals surface area contributed by atoms with Gasteiger partial charge in [0.25, 0.3) is 0 Å². The number of alkyl halides is 3. The van der Waals surface area contributed by atoms with Gasteiger partial charge in [-0.05, 0) is 61.1 Å². The largest absolute Gasteiger partial charge is 0.416 e. The predicted octanol–water partition coefficient (Wildman–Crippen LogP) is 4.26. The molecule has 0 fully saturated rings. The molecule has 3 atom stereocenters. The molecule has 1 aromatic carbocycles. The molecule has 0 saturated carbocycles. The van der Waals surface area contributed by atoms with Crippen molar-refractivity contribution in [2.75, 3.05) is 5.32 Å². The summed E-state index contributed by atoms with van der Waals surface area (Å²) < 4.78 is 52.0. The molecule has 3 rings (SSSR count). The van der Waals surface area contributed by atoms with Gasteiger partial charge >= 0.3 is 6.18 Å². The molecule has 28 heavy (non-hydrogen) atoms. The monoisotopic (exact) mass is 395 g/mol. The molecule has 0 spiro atoms. The molecule has 3 N–H and O–H groups in total. The van der Waals surface area contributed by atoms with E-state index in [1.54, 1.807) is 6.07 Å². The van der Waals surface area contributed by atoms with Crippen molar-refractivity contribution in [1.29, 1.82) is 0 Å². The van der Waals surface area contributed by atoms with Gasteiger partial charge in [0, 0.05) is 29.4 Å². The minimum absolute atomic E-state index is 0.0802. The number of pyridine rings is 1. The van der Waals surface area contributed by atoms with E-state index < -0.39 is 29.6 Å². The molecule has 1 amide bonds. The summed E-state index contributed by atoms with van der Waals surface area (Å²) in [5.74, 6) is -1.35. The number of benzene rings is 1. The van der Waals surface area contributed by atoms with E-state index in [1.165, 1.54) is 18.3 Å². The molecule has 4 nitrogen and oxygen atoms in total. The lowest BCUT2D eigenvalue weighted by Gasteiger charge is -2.28. The Kier molecular flexibility index (Phi) is 5.69. The van der Waals surface area contributed by atoms with Gasteiger partial charge in [-0.15, -0.1) is 0 Å². The molecular formula is C20H21F4N3O. The number of nitrogens with one attached hydrogen (secondary N) is 1. The maximum Gasteiger partial charge on any atom is 0.416 e. The van der Waals surface area contributed by atoms with Crippen molar-refractivity contribution in [3.8, 4) is 0 Å². The van der Waals surface area contributed by atoms with E-state index in [4.69, 9.17) is 5.73 Å². The average Bonchev–Trinajstić information content (AvgIpc) is 2.61. The number of aromatic nitrogens is 1. The molecule has 1 heterocycles. The number of nitrogens with two attached hydrogens (primary N) is 1. The van der Waals surface area contributed by atoms with E-state index in [9.17, 15) is 22.4 Å². The van der Waals surface area contributed by atoms with Crippen molar-refractivity contribution in [2.45, 2.75) is 44.3 Å². The Balaban J connectivity index is 1.75. The van der Waals surface area contributed by atoms with Crippen LogP contribution in [0.4, 0.5) is 23.2 Å². The number of carbonyl (C=O) groups is 1. The van der Waals surface area contributed by atoms with Gasteiger partial charge in [0.15, 0.2) is 0 Å². The molecule has 8 heteroatoms. The van der Waals surface area contributed by atoms with Crippen LogP contribution in [0, 0.1) is 11.9 Å². The molecule has 150 valence electrons. The average molecular weight is 395 g/mol. The number of anilines is 1. The second-order valence-corrected chi connectivity index (χ2v) is 7.27. The van der Waals surface area contributed by atoms with Crippen molar-refractivity contribution in [3.05, 3.63) is 59.2 Å². The molecule has 1 aromatic heterocycles. The summed E-state index contributed by atoms with van der Waals surface area (Å²) in [6.45, 7) is 1.91. The topological polar surface area (TPSA) is 68.0 Å². The normalized spacial score (nSPS) is 22.7. The molecular weight excluding hydrogens is 374 g/mol. The Bertz CT molecular complexity index is 852. The number of halogens is 4. The van der Waals surface area contributed by atoms with Gasteiger partial charge in [-0.3, -0.25) is 4.79 Å². The number of hydrogen-bond acceptors (Lipinski definition) is 3. The molecule has 0 radical (unpaired) electrons. The highest BCUT2D eigenvalue weighted by molar-refractivity contribution is 5.92. The molecule has 2 aromatic rings. The van der Waals surface area contributed by atoms with Crippen LogP contribution >= 0.6 is 0 Å². The lowest BCUT2D eigenvalue weighted by atomic mass is 9.80. The SMILES string of the molecule is C[C@@H]1CC(C(=O)Nc2ccc(C(F)(F)F)cc2)C[C@H](N)Cc2c1ccnc2F. The smallest absolute Gasteiger partial charge is 0.327 e. The number of carbonyl (C=O) groups excluding carboxylic acids is 1. The second-order valence-electron chi connectivity index (χ2n) is 7.27. The standard InChI is InChI=1S/C20H21F4N3O/c1-11-8-12(9-14(25)10-17-16(11)6-7-26-18(17)21)19(28)27-15-4-2-13(3-5-15)20(22,23)24/h2-7,11-12,14H,8-10,25H2,1H3,(H,27,28)/t11-,12?,14+/m1/s1. The summed E-state index contributed by atoms with van der Waals surface area (Å²) >= 11 is 0. The fourth-order valence-electron chi connectivity index (χ4n) is 3.71. The zero-order valence-corrected chi connectivity index (χ0v) is 15.3. The van der Waals surface area contributed by atoms with E-state index in [1.807, 2.05) is 6.92 Å². The first-order chi connectivity index (χ1) is 13.1. The molecule has 1 aliphatic carbocycles. The van der Waals surface area contributed by atoms with E-state index in [0.717, 1.165) is 17.7 Å². The van der Waals surface area contributed by atoms with Gasteiger partial charge < -0.3 is 11.1 Å². The number of fused-ring (bicyclic) bond motifs is 1. The van der Waals surface area contributed by atoms with Crippen molar-refractivity contribution in [2.24, 2.45) is 11.7 Å². The zero-order chi connectivity index (χ0) is 20.5. The van der Waals surface area contributed by atoms with Gasteiger partial charge in [0.2, 0.25) is 11.9 Å². The van der Waals surface area contributed by atoms with E-state index in [2.05, 4.69) is 10.3 Å². The van der Waals surface area contributed by atoms with Crippen LogP contribution in [0.15, 0.2) is 36.5 Å². The highest BCUT2D eigenvalue weighted by atomic mass is 19.4. The van der Waals surface area contributed by atoms with Gasteiger partial charge in [0.1, 0.15) is 0 Å². The maximum absolute atomic E-state index is 14.1. The van der Waals surface area contributed by atoms with Crippen molar-refractivity contribution >= 4 is 11.6 Å². The summed E-state index contributed by atoms with van der Waals surface area (Å²) in [7, 11) is 0. The Labute approximate surface area is 160 Å². The van der Waals surface area contributed by atoms with Crippen LogP contribution in [-0.2, 0) is 17.4 Å². The van der Waals surface area contributed by atoms with Crippen LogP contribution in [0.3, 0.4) is 0 Å². The van der Waals surface area contributed by atoms with Crippen LogP contribution in [-0.4, -0.2) is 16.9 Å². The summed E-state index contributed by atoms with van der Waals surface area (Å²) in [6, 6.07) is 5.62. The van der Waals surface area contributed by atoms with Crippen molar-refractivity contribution < 1.29 is 22.4 Å². The Morgan fingerprint density at radius 2 is 1.86 bits per heavy atom. The van der Waals surface area contributed by atoms with E-state index >= 15 is 0 Å². The first-order valence-electron chi connectivity index (χ1n) is 9.02. The van der Waals surface area contributed by atoms with Crippen LogP contribution in [0.1, 0.15) is 42.4 Å².